The van der Waals surface area contributed by atoms with E-state index in [0.29, 0.717) is 5.69 Å². The standard InChI is InChI=1S/C33H34BrN3O4S/c1-24-17-25(2)19-29(18-24)37(42(40,41)30-15-8-5-9-16-30)23-32(38)36(22-27-13-10-14-28(34)20-27)31(33(39)35-3)21-26-11-6-4-7-12-26/h4-20,31H,21-23H2,1-3H3,(H,35,39)/t31-/m1/s1. The van der Waals surface area contributed by atoms with Gasteiger partial charge in [0.2, 0.25) is 11.8 Å². The Kier molecular flexibility index (Phi) is 10.2. The molecule has 218 valence electrons. The third kappa shape index (κ3) is 7.66. The Morgan fingerprint density at radius 3 is 2.00 bits per heavy atom. The normalized spacial score (nSPS) is 11.9. The zero-order valence-corrected chi connectivity index (χ0v) is 26.2. The van der Waals surface area contributed by atoms with Crippen LogP contribution in [0.5, 0.6) is 0 Å². The first-order valence-electron chi connectivity index (χ1n) is 13.5. The zero-order chi connectivity index (χ0) is 30.3. The van der Waals surface area contributed by atoms with E-state index in [4.69, 9.17) is 0 Å². The smallest absolute Gasteiger partial charge is 0.264 e. The monoisotopic (exact) mass is 647 g/mol. The number of likely N-dealkylation sites (N-methyl/N-ethyl adjacent to an activating group) is 1. The summed E-state index contributed by atoms with van der Waals surface area (Å²) in [7, 11) is -2.60. The van der Waals surface area contributed by atoms with Gasteiger partial charge < -0.3 is 10.2 Å². The molecule has 2 amide bonds. The average molecular weight is 649 g/mol. The van der Waals surface area contributed by atoms with Gasteiger partial charge in [-0.25, -0.2) is 8.42 Å². The highest BCUT2D eigenvalue weighted by atomic mass is 79.9. The summed E-state index contributed by atoms with van der Waals surface area (Å²) >= 11 is 3.49. The van der Waals surface area contributed by atoms with Crippen LogP contribution in [0.3, 0.4) is 0 Å². The van der Waals surface area contributed by atoms with Crippen LogP contribution in [0.25, 0.3) is 0 Å². The minimum absolute atomic E-state index is 0.0719. The van der Waals surface area contributed by atoms with Gasteiger partial charge in [0.25, 0.3) is 10.0 Å². The molecule has 0 aliphatic carbocycles. The first kappa shape index (κ1) is 31.0. The number of hydrogen-bond donors (Lipinski definition) is 1. The Morgan fingerprint density at radius 1 is 0.810 bits per heavy atom. The van der Waals surface area contributed by atoms with E-state index in [9.17, 15) is 18.0 Å². The number of rotatable bonds is 11. The van der Waals surface area contributed by atoms with Crippen LogP contribution in [0.4, 0.5) is 5.69 Å². The molecule has 0 saturated heterocycles. The summed E-state index contributed by atoms with van der Waals surface area (Å²) < 4.78 is 30.0. The van der Waals surface area contributed by atoms with Gasteiger partial charge in [0.1, 0.15) is 12.6 Å². The third-order valence-electron chi connectivity index (χ3n) is 6.86. The number of sulfonamides is 1. The molecule has 0 aliphatic heterocycles. The summed E-state index contributed by atoms with van der Waals surface area (Å²) in [4.78, 5) is 29.2. The molecule has 1 atom stereocenters. The second-order valence-electron chi connectivity index (χ2n) is 10.1. The van der Waals surface area contributed by atoms with E-state index in [1.165, 1.54) is 24.1 Å². The fourth-order valence-electron chi connectivity index (χ4n) is 4.90. The highest BCUT2D eigenvalue weighted by Gasteiger charge is 2.34. The van der Waals surface area contributed by atoms with Crippen molar-refractivity contribution in [2.75, 3.05) is 17.9 Å². The number of carbonyl (C=O) groups is 2. The maximum Gasteiger partial charge on any atom is 0.264 e. The molecule has 4 aromatic rings. The molecule has 4 aromatic carbocycles. The van der Waals surface area contributed by atoms with Crippen molar-refractivity contribution >= 4 is 43.5 Å². The highest BCUT2D eigenvalue weighted by Crippen LogP contribution is 2.27. The van der Waals surface area contributed by atoms with Crippen molar-refractivity contribution in [3.8, 4) is 0 Å². The SMILES string of the molecule is CNC(=O)[C@@H](Cc1ccccc1)N(Cc1cccc(Br)c1)C(=O)CN(c1cc(C)cc(C)c1)S(=O)(=O)c1ccccc1. The first-order valence-corrected chi connectivity index (χ1v) is 15.8. The van der Waals surface area contributed by atoms with Crippen LogP contribution in [0.2, 0.25) is 0 Å². The largest absolute Gasteiger partial charge is 0.357 e. The Bertz CT molecular complexity index is 1630. The predicted molar refractivity (Wildman–Crippen MR) is 170 cm³/mol. The molecule has 0 aliphatic rings. The minimum atomic E-state index is -4.13. The molecule has 7 nitrogen and oxygen atoms in total. The third-order valence-corrected chi connectivity index (χ3v) is 9.15. The molecule has 4 rings (SSSR count). The number of amides is 2. The number of benzene rings is 4. The van der Waals surface area contributed by atoms with Gasteiger partial charge in [-0.05, 0) is 72.5 Å². The van der Waals surface area contributed by atoms with Crippen molar-refractivity contribution in [2.24, 2.45) is 0 Å². The van der Waals surface area contributed by atoms with Crippen molar-refractivity contribution in [1.82, 2.24) is 10.2 Å². The molecule has 42 heavy (non-hydrogen) atoms. The summed E-state index contributed by atoms with van der Waals surface area (Å²) in [5.74, 6) is -0.843. The van der Waals surface area contributed by atoms with Crippen LogP contribution in [0.1, 0.15) is 22.3 Å². The number of nitrogens with one attached hydrogen (secondary N) is 1. The van der Waals surface area contributed by atoms with Gasteiger partial charge in [-0.3, -0.25) is 13.9 Å². The van der Waals surface area contributed by atoms with Crippen molar-refractivity contribution < 1.29 is 18.0 Å². The highest BCUT2D eigenvalue weighted by molar-refractivity contribution is 9.10. The van der Waals surface area contributed by atoms with Crippen molar-refractivity contribution in [3.63, 3.8) is 0 Å². The average Bonchev–Trinajstić information content (AvgIpc) is 2.97. The van der Waals surface area contributed by atoms with E-state index in [0.717, 1.165) is 31.0 Å². The molecule has 0 bridgehead atoms. The molecule has 0 fully saturated rings. The number of carbonyl (C=O) groups excluding carboxylic acids is 2. The van der Waals surface area contributed by atoms with Gasteiger partial charge in [0, 0.05) is 24.5 Å². The number of hydrogen-bond acceptors (Lipinski definition) is 4. The molecule has 0 aromatic heterocycles. The topological polar surface area (TPSA) is 86.8 Å². The lowest BCUT2D eigenvalue weighted by Crippen LogP contribution is -2.53. The Balaban J connectivity index is 1.81. The Hall–Kier alpha value is -3.95. The molecular formula is C33H34BrN3O4S. The maximum absolute atomic E-state index is 14.3. The molecule has 0 saturated carbocycles. The molecule has 0 radical (unpaired) electrons. The molecule has 1 N–H and O–H groups in total. The van der Waals surface area contributed by atoms with Crippen LogP contribution in [0, 0.1) is 13.8 Å². The van der Waals surface area contributed by atoms with Crippen molar-refractivity contribution in [2.45, 2.75) is 37.8 Å². The zero-order valence-electron chi connectivity index (χ0n) is 23.8. The van der Waals surface area contributed by atoms with E-state index in [1.54, 1.807) is 30.3 Å². The van der Waals surface area contributed by atoms with E-state index in [2.05, 4.69) is 21.2 Å². The van der Waals surface area contributed by atoms with E-state index in [-0.39, 0.29) is 23.8 Å². The van der Waals surface area contributed by atoms with Gasteiger partial charge in [-0.2, -0.15) is 0 Å². The van der Waals surface area contributed by atoms with Crippen LogP contribution in [-0.2, 0) is 32.6 Å². The lowest BCUT2D eigenvalue weighted by molar-refractivity contribution is -0.139. The Morgan fingerprint density at radius 2 is 1.40 bits per heavy atom. The second-order valence-corrected chi connectivity index (χ2v) is 12.9. The van der Waals surface area contributed by atoms with Crippen LogP contribution < -0.4 is 9.62 Å². The lowest BCUT2D eigenvalue weighted by Gasteiger charge is -2.33. The van der Waals surface area contributed by atoms with Gasteiger partial charge in [-0.15, -0.1) is 0 Å². The van der Waals surface area contributed by atoms with Crippen molar-refractivity contribution in [1.29, 1.82) is 0 Å². The number of nitrogens with zero attached hydrogens (tertiary/aromatic N) is 2. The van der Waals surface area contributed by atoms with Gasteiger partial charge in [0.15, 0.2) is 0 Å². The predicted octanol–water partition coefficient (Wildman–Crippen LogP) is 5.65. The molecule has 0 unspecified atom stereocenters. The van der Waals surface area contributed by atoms with Crippen LogP contribution in [-0.4, -0.2) is 44.8 Å². The summed E-state index contributed by atoms with van der Waals surface area (Å²) in [6.07, 6.45) is 0.259. The minimum Gasteiger partial charge on any atom is -0.357 e. The fraction of sp³-hybridized carbons (Fsp3) is 0.212. The van der Waals surface area contributed by atoms with Gasteiger partial charge in [0.05, 0.1) is 10.6 Å². The summed E-state index contributed by atoms with van der Waals surface area (Å²) in [6.45, 7) is 3.38. The van der Waals surface area contributed by atoms with Gasteiger partial charge >= 0.3 is 0 Å². The molecule has 0 spiro atoms. The first-order chi connectivity index (χ1) is 20.1. The van der Waals surface area contributed by atoms with Crippen LogP contribution in [0.15, 0.2) is 112 Å². The van der Waals surface area contributed by atoms with E-state index in [1.807, 2.05) is 74.5 Å². The number of halogens is 1. The van der Waals surface area contributed by atoms with E-state index < -0.39 is 28.5 Å². The summed E-state index contributed by atoms with van der Waals surface area (Å²) in [5, 5.41) is 2.70. The number of anilines is 1. The lowest BCUT2D eigenvalue weighted by atomic mass is 10.0. The van der Waals surface area contributed by atoms with Crippen LogP contribution >= 0.6 is 15.9 Å². The number of aryl methyl sites for hydroxylation is 2. The van der Waals surface area contributed by atoms with E-state index >= 15 is 0 Å². The summed E-state index contributed by atoms with van der Waals surface area (Å²) in [5.41, 5.74) is 3.78. The quantitative estimate of drug-likeness (QED) is 0.228. The molecule has 9 heteroatoms. The van der Waals surface area contributed by atoms with Crippen molar-refractivity contribution in [3.05, 3.63) is 130 Å². The van der Waals surface area contributed by atoms with Gasteiger partial charge in [-0.1, -0.05) is 82.7 Å². The Labute approximate surface area is 256 Å². The second kappa shape index (κ2) is 13.8. The maximum atomic E-state index is 14.3. The summed E-state index contributed by atoms with van der Waals surface area (Å²) in [6, 6.07) is 29.6. The fourth-order valence-corrected chi connectivity index (χ4v) is 6.76. The molecule has 0 heterocycles. The molecular weight excluding hydrogens is 614 g/mol.